The molecule has 0 atom stereocenters. The Morgan fingerprint density at radius 1 is 0.970 bits per heavy atom. The number of nitrogens with zero attached hydrogens (tertiary/aromatic N) is 3. The van der Waals surface area contributed by atoms with Gasteiger partial charge in [-0.1, -0.05) is 26.2 Å². The Kier molecular flexibility index (Phi) is 9.24. The van der Waals surface area contributed by atoms with Crippen LogP contribution in [-0.2, 0) is 16.1 Å². The van der Waals surface area contributed by atoms with Gasteiger partial charge in [0.1, 0.15) is 0 Å². The molecule has 1 saturated carbocycles. The van der Waals surface area contributed by atoms with Crippen LogP contribution in [0.3, 0.4) is 0 Å². The lowest BCUT2D eigenvalue weighted by molar-refractivity contribution is -0.132. The molecule has 5 nitrogen and oxygen atoms in total. The maximum atomic E-state index is 14.3. The Balaban J connectivity index is 1.92. The van der Waals surface area contributed by atoms with Crippen LogP contribution in [0.2, 0.25) is 0 Å². The van der Waals surface area contributed by atoms with Crippen LogP contribution in [-0.4, -0.2) is 53.8 Å². The van der Waals surface area contributed by atoms with Crippen molar-refractivity contribution in [2.45, 2.75) is 84.7 Å². The van der Waals surface area contributed by atoms with E-state index >= 15 is 0 Å². The average Bonchev–Trinajstić information content (AvgIpc) is 2.74. The van der Waals surface area contributed by atoms with Gasteiger partial charge in [-0.2, -0.15) is 0 Å². The third-order valence-electron chi connectivity index (χ3n) is 7.15. The topological polar surface area (TPSA) is 43.9 Å². The Morgan fingerprint density at radius 3 is 2.24 bits per heavy atom. The lowest BCUT2D eigenvalue weighted by atomic mass is 9.82. The van der Waals surface area contributed by atoms with E-state index in [4.69, 9.17) is 0 Å². The standard InChI is InChI=1S/C26H39F2N3O2/c1-4-25(32)31-15-7-13-29(19(2)3)12-6-14-30(26(33)11-10-20-8-5-9-20)18-21-16-22(27)23(28)17-24(21)31/h16-17,19-20H,4-15,18H2,1-3H3. The van der Waals surface area contributed by atoms with E-state index < -0.39 is 11.6 Å². The van der Waals surface area contributed by atoms with Crippen LogP contribution in [0.25, 0.3) is 0 Å². The number of hydrogen-bond acceptors (Lipinski definition) is 3. The number of rotatable bonds is 5. The molecule has 1 aliphatic heterocycles. The second kappa shape index (κ2) is 11.9. The molecule has 0 N–H and O–H groups in total. The first-order valence-corrected chi connectivity index (χ1v) is 12.6. The fourth-order valence-corrected chi connectivity index (χ4v) is 4.82. The number of amides is 2. The number of benzene rings is 1. The summed E-state index contributed by atoms with van der Waals surface area (Å²) in [6, 6.07) is 2.64. The fraction of sp³-hybridized carbons (Fsp3) is 0.692. The fourth-order valence-electron chi connectivity index (χ4n) is 4.82. The molecular formula is C26H39F2N3O2. The summed E-state index contributed by atoms with van der Waals surface area (Å²) in [6.07, 6.45) is 6.84. The molecule has 2 amide bonds. The first kappa shape index (κ1) is 25.6. The molecule has 33 heavy (non-hydrogen) atoms. The minimum Gasteiger partial charge on any atom is -0.338 e. The molecule has 1 heterocycles. The van der Waals surface area contributed by atoms with Gasteiger partial charge in [0.25, 0.3) is 0 Å². The third kappa shape index (κ3) is 6.75. The monoisotopic (exact) mass is 463 g/mol. The predicted octanol–water partition coefficient (Wildman–Crippen LogP) is 5.12. The minimum atomic E-state index is -0.971. The molecule has 1 fully saturated rings. The first-order valence-electron chi connectivity index (χ1n) is 12.6. The highest BCUT2D eigenvalue weighted by atomic mass is 19.2. The van der Waals surface area contributed by atoms with Gasteiger partial charge in [-0.25, -0.2) is 8.78 Å². The summed E-state index contributed by atoms with van der Waals surface area (Å²) < 4.78 is 28.6. The van der Waals surface area contributed by atoms with E-state index in [0.29, 0.717) is 42.7 Å². The Morgan fingerprint density at radius 2 is 1.64 bits per heavy atom. The minimum absolute atomic E-state index is 0.0547. The van der Waals surface area contributed by atoms with Gasteiger partial charge < -0.3 is 14.7 Å². The smallest absolute Gasteiger partial charge is 0.226 e. The summed E-state index contributed by atoms with van der Waals surface area (Å²) in [7, 11) is 0. The van der Waals surface area contributed by atoms with Gasteiger partial charge in [0, 0.05) is 57.7 Å². The highest BCUT2D eigenvalue weighted by molar-refractivity contribution is 5.94. The molecule has 1 aromatic carbocycles. The van der Waals surface area contributed by atoms with Crippen LogP contribution < -0.4 is 4.90 Å². The summed E-state index contributed by atoms with van der Waals surface area (Å²) in [5, 5.41) is 0. The summed E-state index contributed by atoms with van der Waals surface area (Å²) in [5.74, 6) is -1.36. The summed E-state index contributed by atoms with van der Waals surface area (Å²) >= 11 is 0. The lowest BCUT2D eigenvalue weighted by Gasteiger charge is -2.33. The highest BCUT2D eigenvalue weighted by Crippen LogP contribution is 2.31. The maximum absolute atomic E-state index is 14.3. The predicted molar refractivity (Wildman–Crippen MR) is 127 cm³/mol. The molecule has 0 saturated heterocycles. The molecular weight excluding hydrogens is 424 g/mol. The normalized spacial score (nSPS) is 19.0. The Hall–Kier alpha value is -2.02. The van der Waals surface area contributed by atoms with Crippen molar-refractivity contribution in [1.29, 1.82) is 0 Å². The number of halogens is 2. The zero-order valence-electron chi connectivity index (χ0n) is 20.4. The number of fused-ring (bicyclic) bond motifs is 1. The van der Waals surface area contributed by atoms with E-state index in [1.807, 2.05) is 0 Å². The average molecular weight is 464 g/mol. The molecule has 0 aromatic heterocycles. The Bertz CT molecular complexity index is 826. The molecule has 1 aromatic rings. The Labute approximate surface area is 197 Å². The summed E-state index contributed by atoms with van der Waals surface area (Å²) in [6.45, 7) is 8.91. The van der Waals surface area contributed by atoms with Gasteiger partial charge >= 0.3 is 0 Å². The first-order chi connectivity index (χ1) is 15.8. The SMILES string of the molecule is CCC(=O)N1CCCN(C(C)C)CCCN(C(=O)CCC2CCC2)Cc2cc(F)c(F)cc21. The van der Waals surface area contributed by atoms with Crippen molar-refractivity contribution in [3.05, 3.63) is 29.3 Å². The third-order valence-corrected chi connectivity index (χ3v) is 7.15. The molecule has 0 radical (unpaired) electrons. The molecule has 0 bridgehead atoms. The quantitative estimate of drug-likeness (QED) is 0.609. The largest absolute Gasteiger partial charge is 0.338 e. The lowest BCUT2D eigenvalue weighted by Crippen LogP contribution is -2.40. The zero-order valence-corrected chi connectivity index (χ0v) is 20.4. The molecule has 3 rings (SSSR count). The van der Waals surface area contributed by atoms with Crippen molar-refractivity contribution in [1.82, 2.24) is 9.80 Å². The van der Waals surface area contributed by atoms with Crippen LogP contribution in [0.5, 0.6) is 0 Å². The molecule has 7 heteroatoms. The van der Waals surface area contributed by atoms with E-state index in [1.54, 1.807) is 16.7 Å². The zero-order chi connectivity index (χ0) is 24.0. The maximum Gasteiger partial charge on any atom is 0.226 e. The van der Waals surface area contributed by atoms with Gasteiger partial charge in [-0.05, 0) is 50.7 Å². The molecule has 0 unspecified atom stereocenters. The molecule has 0 spiro atoms. The van der Waals surface area contributed by atoms with E-state index in [9.17, 15) is 18.4 Å². The van der Waals surface area contributed by atoms with E-state index in [2.05, 4.69) is 18.7 Å². The molecule has 184 valence electrons. The number of hydrogen-bond donors (Lipinski definition) is 0. The van der Waals surface area contributed by atoms with Crippen LogP contribution in [0.1, 0.15) is 77.7 Å². The number of carbonyl (C=O) groups is 2. The van der Waals surface area contributed by atoms with Gasteiger partial charge in [-0.15, -0.1) is 0 Å². The van der Waals surface area contributed by atoms with Gasteiger partial charge in [0.2, 0.25) is 11.8 Å². The highest BCUT2D eigenvalue weighted by Gasteiger charge is 2.26. The van der Waals surface area contributed by atoms with Crippen molar-refractivity contribution in [3.63, 3.8) is 0 Å². The number of carbonyl (C=O) groups excluding carboxylic acids is 2. The van der Waals surface area contributed by atoms with Crippen molar-refractivity contribution in [2.75, 3.05) is 31.1 Å². The van der Waals surface area contributed by atoms with Crippen molar-refractivity contribution in [3.8, 4) is 0 Å². The van der Waals surface area contributed by atoms with Crippen LogP contribution in [0, 0.1) is 17.6 Å². The van der Waals surface area contributed by atoms with E-state index in [0.717, 1.165) is 38.4 Å². The van der Waals surface area contributed by atoms with Gasteiger partial charge in [0.05, 0.1) is 5.69 Å². The second-order valence-electron chi connectivity index (χ2n) is 9.78. The van der Waals surface area contributed by atoms with Gasteiger partial charge in [-0.3, -0.25) is 9.59 Å². The van der Waals surface area contributed by atoms with Crippen LogP contribution >= 0.6 is 0 Å². The summed E-state index contributed by atoms with van der Waals surface area (Å²) in [5.41, 5.74) is 0.878. The van der Waals surface area contributed by atoms with Crippen LogP contribution in [0.4, 0.5) is 14.5 Å². The summed E-state index contributed by atoms with van der Waals surface area (Å²) in [4.78, 5) is 31.7. The van der Waals surface area contributed by atoms with E-state index in [1.165, 1.54) is 25.3 Å². The molecule has 1 aliphatic carbocycles. The van der Waals surface area contributed by atoms with Crippen molar-refractivity contribution >= 4 is 17.5 Å². The van der Waals surface area contributed by atoms with Crippen LogP contribution in [0.15, 0.2) is 12.1 Å². The van der Waals surface area contributed by atoms with Crippen molar-refractivity contribution in [2.24, 2.45) is 5.92 Å². The van der Waals surface area contributed by atoms with Crippen molar-refractivity contribution < 1.29 is 18.4 Å². The van der Waals surface area contributed by atoms with E-state index in [-0.39, 0.29) is 24.8 Å². The second-order valence-corrected chi connectivity index (χ2v) is 9.78. The number of anilines is 1. The van der Waals surface area contributed by atoms with Gasteiger partial charge in [0.15, 0.2) is 11.6 Å². The molecule has 2 aliphatic rings.